The third-order valence-electron chi connectivity index (χ3n) is 5.45. The molecule has 3 aromatic carbocycles. The number of hydrogen-bond donors (Lipinski definition) is 1. The smallest absolute Gasteiger partial charge is 0.308 e. The molecule has 0 aliphatic carbocycles. The lowest BCUT2D eigenvalue weighted by molar-refractivity contribution is -0.131. The van der Waals surface area contributed by atoms with Gasteiger partial charge in [0.15, 0.2) is 11.0 Å². The molecule has 0 atom stereocenters. The molecule has 1 N–H and O–H groups in total. The highest BCUT2D eigenvalue weighted by molar-refractivity contribution is 7.99. The molecule has 0 aliphatic heterocycles. The predicted octanol–water partition coefficient (Wildman–Crippen LogP) is 5.11. The SMILES string of the molecule is CC(=O)Oc1ccc(C(C)=NNC(=O)CSc2nnc(-c3ccc(C)cc3)n2-c2ccc(C)cc2)cc1. The Morgan fingerprint density at radius 2 is 1.51 bits per heavy atom. The van der Waals surface area contributed by atoms with Gasteiger partial charge in [0.05, 0.1) is 11.5 Å². The van der Waals surface area contributed by atoms with E-state index in [1.807, 2.05) is 66.9 Å². The number of nitrogens with zero attached hydrogens (tertiary/aromatic N) is 4. The standard InChI is InChI=1S/C28H27N5O3S/c1-18-5-9-23(10-6-18)27-31-32-28(33(27)24-13-7-19(2)8-14-24)37-17-26(35)30-29-20(3)22-11-15-25(16-12-22)36-21(4)34/h5-16H,17H2,1-4H3,(H,30,35). The second-order valence-electron chi connectivity index (χ2n) is 8.48. The first-order valence-corrected chi connectivity index (χ1v) is 12.6. The lowest BCUT2D eigenvalue weighted by Crippen LogP contribution is -2.21. The average Bonchev–Trinajstić information content (AvgIpc) is 3.31. The minimum Gasteiger partial charge on any atom is -0.427 e. The van der Waals surface area contributed by atoms with E-state index in [2.05, 4.69) is 20.7 Å². The first-order chi connectivity index (χ1) is 17.8. The van der Waals surface area contributed by atoms with Gasteiger partial charge in [-0.2, -0.15) is 5.10 Å². The predicted molar refractivity (Wildman–Crippen MR) is 145 cm³/mol. The van der Waals surface area contributed by atoms with Crippen LogP contribution < -0.4 is 10.2 Å². The van der Waals surface area contributed by atoms with Crippen molar-refractivity contribution >= 4 is 29.4 Å². The number of rotatable bonds is 8. The van der Waals surface area contributed by atoms with Gasteiger partial charge in [-0.15, -0.1) is 10.2 Å². The van der Waals surface area contributed by atoms with Crippen LogP contribution in [0.15, 0.2) is 83.1 Å². The number of carbonyl (C=O) groups excluding carboxylic acids is 2. The number of ether oxygens (including phenoxy) is 1. The van der Waals surface area contributed by atoms with Gasteiger partial charge in [0.2, 0.25) is 0 Å². The molecular formula is C28H27N5O3S. The van der Waals surface area contributed by atoms with Crippen LogP contribution in [0.1, 0.15) is 30.5 Å². The van der Waals surface area contributed by atoms with Crippen LogP contribution >= 0.6 is 11.8 Å². The van der Waals surface area contributed by atoms with Crippen LogP contribution in [0.2, 0.25) is 0 Å². The number of hydrogen-bond acceptors (Lipinski definition) is 7. The molecule has 4 rings (SSSR count). The molecule has 1 heterocycles. The zero-order valence-electron chi connectivity index (χ0n) is 21.1. The van der Waals surface area contributed by atoms with E-state index in [0.29, 0.717) is 22.4 Å². The number of esters is 1. The summed E-state index contributed by atoms with van der Waals surface area (Å²) < 4.78 is 7.00. The minimum absolute atomic E-state index is 0.111. The molecule has 37 heavy (non-hydrogen) atoms. The van der Waals surface area contributed by atoms with E-state index in [4.69, 9.17) is 4.74 Å². The van der Waals surface area contributed by atoms with Gasteiger partial charge < -0.3 is 4.74 Å². The van der Waals surface area contributed by atoms with Crippen LogP contribution in [0.5, 0.6) is 5.75 Å². The maximum absolute atomic E-state index is 12.6. The Balaban J connectivity index is 1.47. The van der Waals surface area contributed by atoms with Crippen LogP contribution in [-0.2, 0) is 9.59 Å². The summed E-state index contributed by atoms with van der Waals surface area (Å²) in [6.07, 6.45) is 0. The van der Waals surface area contributed by atoms with E-state index in [1.165, 1.54) is 18.7 Å². The molecule has 0 bridgehead atoms. The highest BCUT2D eigenvalue weighted by Gasteiger charge is 2.17. The zero-order valence-corrected chi connectivity index (χ0v) is 21.9. The molecular weight excluding hydrogens is 486 g/mol. The maximum atomic E-state index is 12.6. The first kappa shape index (κ1) is 25.8. The number of aryl methyl sites for hydroxylation is 2. The van der Waals surface area contributed by atoms with Gasteiger partial charge in [-0.25, -0.2) is 5.43 Å². The Kier molecular flexibility index (Phi) is 8.15. The molecule has 0 saturated carbocycles. The normalized spacial score (nSPS) is 11.3. The highest BCUT2D eigenvalue weighted by atomic mass is 32.2. The van der Waals surface area contributed by atoms with Crippen molar-refractivity contribution in [2.75, 3.05) is 5.75 Å². The molecule has 1 aromatic heterocycles. The minimum atomic E-state index is -0.382. The summed E-state index contributed by atoms with van der Waals surface area (Å²) in [6.45, 7) is 7.21. The quantitative estimate of drug-likeness (QED) is 0.116. The number of hydrazone groups is 1. The first-order valence-electron chi connectivity index (χ1n) is 11.6. The second kappa shape index (κ2) is 11.7. The van der Waals surface area contributed by atoms with Crippen LogP contribution in [0.3, 0.4) is 0 Å². The molecule has 8 nitrogen and oxygen atoms in total. The van der Waals surface area contributed by atoms with Crippen LogP contribution in [0, 0.1) is 13.8 Å². The van der Waals surface area contributed by atoms with Crippen molar-refractivity contribution in [3.05, 3.63) is 89.5 Å². The maximum Gasteiger partial charge on any atom is 0.308 e. The third-order valence-corrected chi connectivity index (χ3v) is 6.38. The molecule has 188 valence electrons. The summed E-state index contributed by atoms with van der Waals surface area (Å²) in [5.41, 5.74) is 8.18. The summed E-state index contributed by atoms with van der Waals surface area (Å²) >= 11 is 1.29. The van der Waals surface area contributed by atoms with E-state index in [-0.39, 0.29) is 17.6 Å². The lowest BCUT2D eigenvalue weighted by Gasteiger charge is -2.11. The van der Waals surface area contributed by atoms with Crippen molar-refractivity contribution in [3.8, 4) is 22.8 Å². The molecule has 4 aromatic rings. The third kappa shape index (κ3) is 6.71. The molecule has 0 radical (unpaired) electrons. The summed E-state index contributed by atoms with van der Waals surface area (Å²) in [7, 11) is 0. The van der Waals surface area contributed by atoms with Crippen molar-refractivity contribution in [1.82, 2.24) is 20.2 Å². The Morgan fingerprint density at radius 1 is 0.892 bits per heavy atom. The number of thioether (sulfide) groups is 1. The van der Waals surface area contributed by atoms with Crippen LogP contribution in [0.4, 0.5) is 0 Å². The zero-order chi connectivity index (χ0) is 26.4. The average molecular weight is 514 g/mol. The van der Waals surface area contributed by atoms with Crippen molar-refractivity contribution < 1.29 is 14.3 Å². The summed E-state index contributed by atoms with van der Waals surface area (Å²) in [5.74, 6) is 0.619. The topological polar surface area (TPSA) is 98.5 Å². The monoisotopic (exact) mass is 513 g/mol. The number of carbonyl (C=O) groups is 2. The van der Waals surface area contributed by atoms with Gasteiger partial charge >= 0.3 is 5.97 Å². The molecule has 0 fully saturated rings. The fourth-order valence-electron chi connectivity index (χ4n) is 3.48. The Hall–Kier alpha value is -4.24. The lowest BCUT2D eigenvalue weighted by atomic mass is 10.1. The van der Waals surface area contributed by atoms with Crippen molar-refractivity contribution in [2.24, 2.45) is 5.10 Å². The van der Waals surface area contributed by atoms with Gasteiger partial charge in [-0.05, 0) is 62.7 Å². The van der Waals surface area contributed by atoms with Crippen molar-refractivity contribution in [1.29, 1.82) is 0 Å². The van der Waals surface area contributed by atoms with E-state index in [9.17, 15) is 9.59 Å². The fourth-order valence-corrected chi connectivity index (χ4v) is 4.23. The van der Waals surface area contributed by atoms with Gasteiger partial charge in [0.1, 0.15) is 5.75 Å². The number of benzene rings is 3. The van der Waals surface area contributed by atoms with Crippen LogP contribution in [-0.4, -0.2) is 38.1 Å². The van der Waals surface area contributed by atoms with Gasteiger partial charge in [0, 0.05) is 18.2 Å². The summed E-state index contributed by atoms with van der Waals surface area (Å²) in [4.78, 5) is 23.6. The second-order valence-corrected chi connectivity index (χ2v) is 9.42. The van der Waals surface area contributed by atoms with Crippen molar-refractivity contribution in [2.45, 2.75) is 32.9 Å². The van der Waals surface area contributed by atoms with Gasteiger partial charge in [-0.1, -0.05) is 59.3 Å². The van der Waals surface area contributed by atoms with E-state index < -0.39 is 0 Å². The summed E-state index contributed by atoms with van der Waals surface area (Å²) in [5, 5.41) is 13.6. The molecule has 0 spiro atoms. The molecule has 0 saturated heterocycles. The fraction of sp³-hybridized carbons (Fsp3) is 0.179. The Bertz CT molecular complexity index is 1430. The van der Waals surface area contributed by atoms with Crippen LogP contribution in [0.25, 0.3) is 17.1 Å². The Morgan fingerprint density at radius 3 is 2.14 bits per heavy atom. The largest absolute Gasteiger partial charge is 0.427 e. The van der Waals surface area contributed by atoms with E-state index in [0.717, 1.165) is 27.9 Å². The van der Waals surface area contributed by atoms with Gasteiger partial charge in [-0.3, -0.25) is 14.2 Å². The molecule has 0 unspecified atom stereocenters. The van der Waals surface area contributed by atoms with E-state index >= 15 is 0 Å². The highest BCUT2D eigenvalue weighted by Crippen LogP contribution is 2.28. The molecule has 0 aliphatic rings. The Labute approximate surface area is 219 Å². The van der Waals surface area contributed by atoms with Gasteiger partial charge in [0.25, 0.3) is 5.91 Å². The molecule has 1 amide bonds. The van der Waals surface area contributed by atoms with E-state index in [1.54, 1.807) is 31.2 Å². The molecule has 9 heteroatoms. The number of nitrogens with one attached hydrogen (secondary N) is 1. The number of amides is 1. The summed E-state index contributed by atoms with van der Waals surface area (Å²) in [6, 6.07) is 23.1. The van der Waals surface area contributed by atoms with Crippen molar-refractivity contribution in [3.63, 3.8) is 0 Å². The number of aromatic nitrogens is 3.